The lowest BCUT2D eigenvalue weighted by molar-refractivity contribution is 0.0900. The topological polar surface area (TPSA) is 54.9 Å². The van der Waals surface area contributed by atoms with E-state index in [-0.39, 0.29) is 5.91 Å². The molecule has 5 atom stereocenters. The number of hydrogen-bond acceptors (Lipinski definition) is 4. The van der Waals surface area contributed by atoms with Crippen LogP contribution in [0.3, 0.4) is 0 Å². The molecule has 5 unspecified atom stereocenters. The van der Waals surface area contributed by atoms with E-state index in [0.717, 1.165) is 35.5 Å². The molecule has 1 amide bonds. The summed E-state index contributed by atoms with van der Waals surface area (Å²) in [6, 6.07) is 0.347. The summed E-state index contributed by atoms with van der Waals surface area (Å²) in [7, 11) is 0. The van der Waals surface area contributed by atoms with Crippen molar-refractivity contribution in [1.29, 1.82) is 0 Å². The molecule has 4 rings (SSSR count). The fraction of sp³-hybridized carbons (Fsp3) is 0.769. The van der Waals surface area contributed by atoms with Crippen LogP contribution in [0.4, 0.5) is 0 Å². The van der Waals surface area contributed by atoms with Gasteiger partial charge in [0.2, 0.25) is 9.47 Å². The monoisotopic (exact) mass is 297 g/mol. The molecule has 0 saturated heterocycles. The van der Waals surface area contributed by atoms with Gasteiger partial charge in [0.05, 0.1) is 0 Å². The molecule has 6 heteroatoms. The highest BCUT2D eigenvalue weighted by Crippen LogP contribution is 2.58. The average Bonchev–Trinajstić information content (AvgIpc) is 3.08. The largest absolute Gasteiger partial charge is 0.347 e. The number of hydrogen-bond donors (Lipinski definition) is 1. The molecule has 0 aliphatic heterocycles. The number of carbonyl (C=O) groups excluding carboxylic acids is 1. The standard InChI is InChI=1S/C13H16ClN3OS/c14-13-17-16-12(19-13)11(18)15-10-5-6-4-9(10)8-3-1-2-7(6)8/h6-10H,1-5H2,(H,15,18). The Labute approximate surface area is 120 Å². The molecule has 4 nitrogen and oxygen atoms in total. The van der Waals surface area contributed by atoms with E-state index in [2.05, 4.69) is 15.5 Å². The highest BCUT2D eigenvalue weighted by atomic mass is 35.5. The number of rotatable bonds is 2. The fourth-order valence-corrected chi connectivity index (χ4v) is 5.49. The number of aromatic nitrogens is 2. The zero-order chi connectivity index (χ0) is 13.0. The molecule has 2 bridgehead atoms. The van der Waals surface area contributed by atoms with Crippen molar-refractivity contribution >= 4 is 28.8 Å². The Balaban J connectivity index is 1.46. The van der Waals surface area contributed by atoms with Crippen LogP contribution >= 0.6 is 22.9 Å². The number of nitrogens with one attached hydrogen (secondary N) is 1. The van der Waals surface area contributed by atoms with Gasteiger partial charge >= 0.3 is 0 Å². The van der Waals surface area contributed by atoms with Gasteiger partial charge < -0.3 is 5.32 Å². The molecule has 1 heterocycles. The van der Waals surface area contributed by atoms with E-state index < -0.39 is 0 Å². The second-order valence-electron chi connectivity index (χ2n) is 6.09. The molecule has 3 saturated carbocycles. The Morgan fingerprint density at radius 2 is 2.05 bits per heavy atom. The Morgan fingerprint density at radius 1 is 1.21 bits per heavy atom. The van der Waals surface area contributed by atoms with Crippen LogP contribution in [0.1, 0.15) is 41.9 Å². The first-order valence-corrected chi connectivity index (χ1v) is 8.21. The zero-order valence-corrected chi connectivity index (χ0v) is 12.1. The van der Waals surface area contributed by atoms with E-state index in [1.165, 1.54) is 25.7 Å². The number of nitrogens with zero attached hydrogens (tertiary/aromatic N) is 2. The molecule has 0 radical (unpaired) electrons. The van der Waals surface area contributed by atoms with Gasteiger partial charge in [-0.3, -0.25) is 4.79 Å². The summed E-state index contributed by atoms with van der Waals surface area (Å²) < 4.78 is 0.328. The van der Waals surface area contributed by atoms with Crippen molar-refractivity contribution in [3.63, 3.8) is 0 Å². The van der Waals surface area contributed by atoms with E-state index in [9.17, 15) is 4.79 Å². The van der Waals surface area contributed by atoms with Gasteiger partial charge in [-0.1, -0.05) is 17.8 Å². The summed E-state index contributed by atoms with van der Waals surface area (Å²) in [6.07, 6.45) is 6.64. The second kappa shape index (κ2) is 4.42. The van der Waals surface area contributed by atoms with Crippen molar-refractivity contribution in [1.82, 2.24) is 15.5 Å². The summed E-state index contributed by atoms with van der Waals surface area (Å²) in [5.74, 6) is 3.26. The van der Waals surface area contributed by atoms with E-state index in [4.69, 9.17) is 11.6 Å². The van der Waals surface area contributed by atoms with Crippen LogP contribution in [0.25, 0.3) is 0 Å². The van der Waals surface area contributed by atoms with Gasteiger partial charge in [0.1, 0.15) is 0 Å². The zero-order valence-electron chi connectivity index (χ0n) is 10.5. The SMILES string of the molecule is O=C(NC1CC2CC1C1CCCC21)c1nnc(Cl)s1. The van der Waals surface area contributed by atoms with Crippen molar-refractivity contribution in [3.8, 4) is 0 Å². The minimum Gasteiger partial charge on any atom is -0.347 e. The maximum Gasteiger partial charge on any atom is 0.282 e. The Bertz CT molecular complexity index is 520. The third-order valence-corrected chi connectivity index (χ3v) is 6.36. The summed E-state index contributed by atoms with van der Waals surface area (Å²) in [6.45, 7) is 0. The molecule has 19 heavy (non-hydrogen) atoms. The van der Waals surface area contributed by atoms with E-state index >= 15 is 0 Å². The van der Waals surface area contributed by atoms with E-state index in [0.29, 0.717) is 21.4 Å². The molecule has 3 fully saturated rings. The first kappa shape index (κ1) is 12.1. The molecule has 1 aromatic heterocycles. The molecule has 1 N–H and O–H groups in total. The number of carbonyl (C=O) groups is 1. The number of fused-ring (bicyclic) bond motifs is 5. The number of halogens is 1. The van der Waals surface area contributed by atoms with Crippen molar-refractivity contribution < 1.29 is 4.79 Å². The molecule has 1 aromatic rings. The maximum absolute atomic E-state index is 12.1. The van der Waals surface area contributed by atoms with Crippen LogP contribution in [-0.2, 0) is 0 Å². The quantitative estimate of drug-likeness (QED) is 0.913. The predicted molar refractivity (Wildman–Crippen MR) is 73.2 cm³/mol. The average molecular weight is 298 g/mol. The predicted octanol–water partition coefficient (Wildman–Crippen LogP) is 2.75. The summed E-state index contributed by atoms with van der Waals surface area (Å²) >= 11 is 6.87. The van der Waals surface area contributed by atoms with Gasteiger partial charge in [0.25, 0.3) is 5.91 Å². The van der Waals surface area contributed by atoms with Gasteiger partial charge in [-0.15, -0.1) is 10.2 Å². The van der Waals surface area contributed by atoms with Gasteiger partial charge in [0, 0.05) is 6.04 Å². The highest BCUT2D eigenvalue weighted by Gasteiger charge is 2.54. The molecule has 0 spiro atoms. The van der Waals surface area contributed by atoms with Crippen LogP contribution in [0.5, 0.6) is 0 Å². The Morgan fingerprint density at radius 3 is 2.84 bits per heavy atom. The molecule has 3 aliphatic rings. The molecule has 3 aliphatic carbocycles. The van der Waals surface area contributed by atoms with E-state index in [1.807, 2.05) is 0 Å². The van der Waals surface area contributed by atoms with Crippen molar-refractivity contribution in [2.45, 2.75) is 38.1 Å². The normalized spacial score (nSPS) is 39.5. The molecule has 102 valence electrons. The maximum atomic E-state index is 12.1. The first-order valence-electron chi connectivity index (χ1n) is 7.02. The lowest BCUT2D eigenvalue weighted by atomic mass is 9.79. The van der Waals surface area contributed by atoms with Gasteiger partial charge in [-0.05, 0) is 61.0 Å². The fourth-order valence-electron chi connectivity index (χ4n) is 4.76. The summed E-state index contributed by atoms with van der Waals surface area (Å²) in [5, 5.41) is 11.0. The number of amides is 1. The lowest BCUT2D eigenvalue weighted by Gasteiger charge is -2.31. The highest BCUT2D eigenvalue weighted by molar-refractivity contribution is 7.17. The Hall–Kier alpha value is -0.680. The van der Waals surface area contributed by atoms with Crippen molar-refractivity contribution in [2.75, 3.05) is 0 Å². The molecular formula is C13H16ClN3OS. The van der Waals surface area contributed by atoms with Crippen molar-refractivity contribution in [2.24, 2.45) is 23.7 Å². The molecular weight excluding hydrogens is 282 g/mol. The van der Waals surface area contributed by atoms with Crippen LogP contribution in [0, 0.1) is 23.7 Å². The summed E-state index contributed by atoms with van der Waals surface area (Å²) in [5.41, 5.74) is 0. The molecule has 0 aromatic carbocycles. The van der Waals surface area contributed by atoms with E-state index in [1.54, 1.807) is 0 Å². The van der Waals surface area contributed by atoms with Crippen LogP contribution in [0.15, 0.2) is 0 Å². The second-order valence-corrected chi connectivity index (χ2v) is 7.65. The van der Waals surface area contributed by atoms with Gasteiger partial charge in [0.15, 0.2) is 0 Å². The Kier molecular flexibility index (Phi) is 2.81. The minimum absolute atomic E-state index is 0.100. The van der Waals surface area contributed by atoms with Crippen LogP contribution in [0.2, 0.25) is 4.47 Å². The summed E-state index contributed by atoms with van der Waals surface area (Å²) in [4.78, 5) is 12.1. The van der Waals surface area contributed by atoms with Gasteiger partial charge in [-0.2, -0.15) is 0 Å². The van der Waals surface area contributed by atoms with Crippen molar-refractivity contribution in [3.05, 3.63) is 9.47 Å². The van der Waals surface area contributed by atoms with Crippen LogP contribution in [-0.4, -0.2) is 22.1 Å². The van der Waals surface area contributed by atoms with Gasteiger partial charge in [-0.25, -0.2) is 0 Å². The lowest BCUT2D eigenvalue weighted by Crippen LogP contribution is -2.42. The van der Waals surface area contributed by atoms with Crippen LogP contribution < -0.4 is 5.32 Å². The minimum atomic E-state index is -0.100. The smallest absolute Gasteiger partial charge is 0.282 e. The third kappa shape index (κ3) is 1.89. The third-order valence-electron chi connectivity index (χ3n) is 5.34. The first-order chi connectivity index (χ1) is 9.22.